The van der Waals surface area contributed by atoms with Crippen molar-refractivity contribution >= 4 is 12.7 Å². The maximum absolute atomic E-state index is 13.2. The lowest BCUT2D eigenvalue weighted by Gasteiger charge is -2.13. The number of aromatic amines is 1. The molecule has 29 heavy (non-hydrogen) atoms. The van der Waals surface area contributed by atoms with Crippen LogP contribution in [0.25, 0.3) is 18.3 Å². The second kappa shape index (κ2) is 8.82. The Morgan fingerprint density at radius 1 is 1.14 bits per heavy atom. The largest absolute Gasteiger partial charge is 0.490 e. The third-order valence-electron chi connectivity index (χ3n) is 4.24. The summed E-state index contributed by atoms with van der Waals surface area (Å²) in [5.41, 5.74) is 1.06. The monoisotopic (exact) mass is 396 g/mol. The van der Waals surface area contributed by atoms with Gasteiger partial charge in [-0.15, -0.1) is 0 Å². The zero-order valence-electron chi connectivity index (χ0n) is 16.9. The summed E-state index contributed by atoms with van der Waals surface area (Å²) < 4.78 is 26.0. The van der Waals surface area contributed by atoms with Crippen LogP contribution in [0.3, 0.4) is 0 Å². The first-order valence-corrected chi connectivity index (χ1v) is 9.56. The molecular weight excluding hydrogens is 371 g/mol. The second-order valence-electron chi connectivity index (χ2n) is 7.11. The van der Waals surface area contributed by atoms with Crippen molar-refractivity contribution in [2.75, 3.05) is 13.2 Å². The lowest BCUT2D eigenvalue weighted by molar-refractivity contribution is 0.248. The molecule has 0 radical (unpaired) electrons. The molecule has 2 aromatic carbocycles. The van der Waals surface area contributed by atoms with Crippen LogP contribution in [0.2, 0.25) is 0 Å². The SMILES string of the molecule is C=c1[nH]n(-c2ccc(F)cc2)c(=O)/c1=C\c1ccc(OCC(C)C)c(OCC)c1. The van der Waals surface area contributed by atoms with Crippen molar-refractivity contribution in [1.29, 1.82) is 0 Å². The number of H-pyrrole nitrogens is 1. The standard InChI is InChI=1S/C23H25FN2O3/c1-5-28-22-13-17(6-11-21(22)29-14-15(2)3)12-20-16(4)25-26(23(20)27)19-9-7-18(24)8-10-19/h6-13,15,25H,4-5,14H2,1-3H3/b20-12-. The molecule has 0 fully saturated rings. The number of ether oxygens (including phenoxy) is 2. The Morgan fingerprint density at radius 3 is 2.52 bits per heavy atom. The van der Waals surface area contributed by atoms with Crippen LogP contribution >= 0.6 is 0 Å². The Bertz CT molecular complexity index is 1140. The topological polar surface area (TPSA) is 56.2 Å². The Morgan fingerprint density at radius 2 is 1.86 bits per heavy atom. The second-order valence-corrected chi connectivity index (χ2v) is 7.11. The number of aromatic nitrogens is 2. The van der Waals surface area contributed by atoms with Crippen LogP contribution in [0.5, 0.6) is 11.5 Å². The van der Waals surface area contributed by atoms with Crippen LogP contribution in [0.1, 0.15) is 26.3 Å². The first-order chi connectivity index (χ1) is 13.9. The summed E-state index contributed by atoms with van der Waals surface area (Å²) in [7, 11) is 0. The molecule has 3 aromatic rings. The van der Waals surface area contributed by atoms with Crippen molar-refractivity contribution < 1.29 is 13.9 Å². The van der Waals surface area contributed by atoms with Gasteiger partial charge >= 0.3 is 0 Å². The predicted octanol–water partition coefficient (Wildman–Crippen LogP) is 2.98. The first kappa shape index (κ1) is 20.5. The van der Waals surface area contributed by atoms with Crippen molar-refractivity contribution in [3.8, 4) is 17.2 Å². The molecule has 0 aliphatic heterocycles. The molecule has 0 saturated heterocycles. The Kier molecular flexibility index (Phi) is 6.22. The number of benzene rings is 2. The van der Waals surface area contributed by atoms with Gasteiger partial charge in [0.25, 0.3) is 5.56 Å². The summed E-state index contributed by atoms with van der Waals surface area (Å²) >= 11 is 0. The van der Waals surface area contributed by atoms with E-state index in [1.165, 1.54) is 28.9 Å². The minimum Gasteiger partial charge on any atom is -0.490 e. The zero-order valence-corrected chi connectivity index (χ0v) is 16.9. The number of nitrogens with one attached hydrogen (secondary N) is 1. The summed E-state index contributed by atoms with van der Waals surface area (Å²) in [5.74, 6) is 1.33. The number of hydrogen-bond acceptors (Lipinski definition) is 3. The average Bonchev–Trinajstić information content (AvgIpc) is 2.96. The highest BCUT2D eigenvalue weighted by atomic mass is 19.1. The highest BCUT2D eigenvalue weighted by Crippen LogP contribution is 2.29. The average molecular weight is 396 g/mol. The van der Waals surface area contributed by atoms with Gasteiger partial charge in [-0.2, -0.15) is 0 Å². The molecule has 1 heterocycles. The number of rotatable bonds is 7. The summed E-state index contributed by atoms with van der Waals surface area (Å²) in [6.45, 7) is 11.1. The molecule has 0 amide bonds. The number of halogens is 1. The van der Waals surface area contributed by atoms with Gasteiger partial charge in [0.15, 0.2) is 11.5 Å². The fourth-order valence-corrected chi connectivity index (χ4v) is 2.84. The maximum atomic E-state index is 13.2. The third kappa shape index (κ3) is 4.77. The molecule has 0 saturated carbocycles. The van der Waals surface area contributed by atoms with Gasteiger partial charge in [0.05, 0.1) is 29.5 Å². The predicted molar refractivity (Wildman–Crippen MR) is 113 cm³/mol. The van der Waals surface area contributed by atoms with E-state index in [0.717, 1.165) is 5.56 Å². The van der Waals surface area contributed by atoms with E-state index in [-0.39, 0.29) is 11.4 Å². The minimum absolute atomic E-state index is 0.264. The molecule has 0 atom stereocenters. The van der Waals surface area contributed by atoms with Crippen molar-refractivity contribution in [2.45, 2.75) is 20.8 Å². The van der Waals surface area contributed by atoms with E-state index in [1.807, 2.05) is 25.1 Å². The minimum atomic E-state index is -0.363. The Hall–Kier alpha value is -3.28. The Balaban J connectivity index is 2.02. The van der Waals surface area contributed by atoms with Gasteiger partial charge in [0.1, 0.15) is 5.82 Å². The normalized spacial score (nSPS) is 11.8. The number of hydrogen-bond donors (Lipinski definition) is 1. The molecule has 0 aliphatic carbocycles. The third-order valence-corrected chi connectivity index (χ3v) is 4.24. The van der Waals surface area contributed by atoms with E-state index in [4.69, 9.17) is 9.47 Å². The molecule has 1 aromatic heterocycles. The lowest BCUT2D eigenvalue weighted by Crippen LogP contribution is -2.33. The van der Waals surface area contributed by atoms with Gasteiger partial charge in [0, 0.05) is 0 Å². The van der Waals surface area contributed by atoms with Gasteiger partial charge in [-0.1, -0.05) is 26.5 Å². The van der Waals surface area contributed by atoms with E-state index in [9.17, 15) is 9.18 Å². The van der Waals surface area contributed by atoms with Crippen molar-refractivity contribution in [2.24, 2.45) is 5.92 Å². The van der Waals surface area contributed by atoms with Crippen molar-refractivity contribution in [3.05, 3.63) is 74.8 Å². The fraction of sp³-hybridized carbons (Fsp3) is 0.261. The molecule has 1 N–H and O–H groups in total. The van der Waals surface area contributed by atoms with Crippen LogP contribution in [0.15, 0.2) is 47.3 Å². The van der Waals surface area contributed by atoms with E-state index in [0.29, 0.717) is 46.9 Å². The maximum Gasteiger partial charge on any atom is 0.279 e. The van der Waals surface area contributed by atoms with Gasteiger partial charge in [-0.05, 0) is 60.9 Å². The first-order valence-electron chi connectivity index (χ1n) is 9.56. The molecular formula is C23H25FN2O3. The fourth-order valence-electron chi connectivity index (χ4n) is 2.84. The summed E-state index contributed by atoms with van der Waals surface area (Å²) in [5, 5.41) is 3.83. The molecule has 0 bridgehead atoms. The quantitative estimate of drug-likeness (QED) is 0.668. The summed E-state index contributed by atoms with van der Waals surface area (Å²) in [6.07, 6.45) is 1.75. The summed E-state index contributed by atoms with van der Waals surface area (Å²) in [6, 6.07) is 11.2. The molecule has 0 aliphatic rings. The zero-order chi connectivity index (χ0) is 21.0. The summed E-state index contributed by atoms with van der Waals surface area (Å²) in [4.78, 5) is 12.8. The molecule has 0 spiro atoms. The Labute approximate surface area is 168 Å². The smallest absolute Gasteiger partial charge is 0.279 e. The van der Waals surface area contributed by atoms with Crippen molar-refractivity contribution in [1.82, 2.24) is 9.78 Å². The molecule has 3 rings (SSSR count). The van der Waals surface area contributed by atoms with Gasteiger partial charge in [-0.3, -0.25) is 9.89 Å². The van der Waals surface area contributed by atoms with Crippen LogP contribution < -0.4 is 25.6 Å². The molecule has 0 unspecified atom stereocenters. The van der Waals surface area contributed by atoms with Gasteiger partial charge in [-0.25, -0.2) is 9.07 Å². The highest BCUT2D eigenvalue weighted by molar-refractivity contribution is 5.56. The molecule has 5 nitrogen and oxygen atoms in total. The number of nitrogens with zero attached hydrogens (tertiary/aromatic N) is 1. The highest BCUT2D eigenvalue weighted by Gasteiger charge is 2.09. The molecule has 6 heteroatoms. The van der Waals surface area contributed by atoms with Crippen LogP contribution in [-0.4, -0.2) is 23.0 Å². The van der Waals surface area contributed by atoms with Gasteiger partial charge in [0.2, 0.25) is 0 Å². The van der Waals surface area contributed by atoms with Crippen molar-refractivity contribution in [3.63, 3.8) is 0 Å². The van der Waals surface area contributed by atoms with Crippen LogP contribution in [-0.2, 0) is 0 Å². The van der Waals surface area contributed by atoms with E-state index < -0.39 is 0 Å². The van der Waals surface area contributed by atoms with E-state index >= 15 is 0 Å². The van der Waals surface area contributed by atoms with Crippen LogP contribution in [0.4, 0.5) is 4.39 Å². The lowest BCUT2D eigenvalue weighted by atomic mass is 10.1. The van der Waals surface area contributed by atoms with E-state index in [1.54, 1.807) is 6.08 Å². The van der Waals surface area contributed by atoms with Gasteiger partial charge < -0.3 is 9.47 Å². The molecule has 152 valence electrons. The van der Waals surface area contributed by atoms with Crippen LogP contribution in [0, 0.1) is 11.7 Å². The van der Waals surface area contributed by atoms with E-state index in [2.05, 4.69) is 25.5 Å².